The van der Waals surface area contributed by atoms with Crippen molar-refractivity contribution in [2.45, 2.75) is 33.2 Å². The Bertz CT molecular complexity index is 685. The first-order valence-electron chi connectivity index (χ1n) is 8.33. The van der Waals surface area contributed by atoms with Gasteiger partial charge in [0.1, 0.15) is 0 Å². The fourth-order valence-corrected chi connectivity index (χ4v) is 3.15. The van der Waals surface area contributed by atoms with E-state index in [-0.39, 0.29) is 5.91 Å². The van der Waals surface area contributed by atoms with E-state index in [2.05, 4.69) is 34.5 Å². The van der Waals surface area contributed by atoms with E-state index in [1.807, 2.05) is 32.0 Å². The molecule has 1 fully saturated rings. The average molecular weight is 308 g/mol. The summed E-state index contributed by atoms with van der Waals surface area (Å²) in [4.78, 5) is 14.7. The minimum atomic E-state index is -0.00822. The molecule has 1 aliphatic heterocycles. The van der Waals surface area contributed by atoms with Crippen LogP contribution in [0.3, 0.4) is 0 Å². The van der Waals surface area contributed by atoms with E-state index < -0.39 is 0 Å². The molecule has 0 aliphatic carbocycles. The van der Waals surface area contributed by atoms with Crippen LogP contribution in [0.25, 0.3) is 0 Å². The van der Waals surface area contributed by atoms with Crippen molar-refractivity contribution in [3.8, 4) is 0 Å². The quantitative estimate of drug-likeness (QED) is 0.931. The van der Waals surface area contributed by atoms with Crippen molar-refractivity contribution < 1.29 is 4.79 Å². The van der Waals surface area contributed by atoms with Crippen molar-refractivity contribution in [2.24, 2.45) is 0 Å². The smallest absolute Gasteiger partial charge is 0.251 e. The van der Waals surface area contributed by atoms with Crippen LogP contribution < -0.4 is 10.2 Å². The molecular weight excluding hydrogens is 284 g/mol. The topological polar surface area (TPSA) is 32.3 Å². The lowest BCUT2D eigenvalue weighted by Gasteiger charge is -2.17. The molecule has 0 bridgehead atoms. The molecule has 1 saturated heterocycles. The maximum atomic E-state index is 12.3. The number of carbonyl (C=O) groups excluding carboxylic acids is 1. The third-order valence-electron chi connectivity index (χ3n) is 4.49. The van der Waals surface area contributed by atoms with Crippen molar-refractivity contribution >= 4 is 11.6 Å². The monoisotopic (exact) mass is 308 g/mol. The molecule has 1 heterocycles. The maximum absolute atomic E-state index is 12.3. The van der Waals surface area contributed by atoms with Crippen molar-refractivity contribution in [1.29, 1.82) is 0 Å². The van der Waals surface area contributed by atoms with Gasteiger partial charge in [-0.3, -0.25) is 4.79 Å². The molecule has 2 aromatic rings. The molecular formula is C20H24N2O. The standard InChI is InChI=1S/C20H24N2O/c1-15-5-10-19(16(2)13-15)20(23)21-14-17-6-8-18(9-7-17)22-11-3-4-12-22/h5-10,13H,3-4,11-12,14H2,1-2H3,(H,21,23). The van der Waals surface area contributed by atoms with Gasteiger partial charge in [0.2, 0.25) is 0 Å². The molecule has 0 unspecified atom stereocenters. The first kappa shape index (κ1) is 15.6. The van der Waals surface area contributed by atoms with E-state index in [1.165, 1.54) is 24.1 Å². The van der Waals surface area contributed by atoms with Crippen molar-refractivity contribution in [2.75, 3.05) is 18.0 Å². The fourth-order valence-electron chi connectivity index (χ4n) is 3.15. The fraction of sp³-hybridized carbons (Fsp3) is 0.350. The molecule has 3 nitrogen and oxygen atoms in total. The Labute approximate surface area is 138 Å². The SMILES string of the molecule is Cc1ccc(C(=O)NCc2ccc(N3CCCC3)cc2)c(C)c1. The van der Waals surface area contributed by atoms with E-state index in [0.717, 1.165) is 29.8 Å². The molecule has 3 heteroatoms. The number of rotatable bonds is 4. The van der Waals surface area contributed by atoms with Crippen LogP contribution in [0.4, 0.5) is 5.69 Å². The molecule has 1 aliphatic rings. The average Bonchev–Trinajstić information content (AvgIpc) is 3.07. The summed E-state index contributed by atoms with van der Waals surface area (Å²) in [7, 11) is 0. The summed E-state index contributed by atoms with van der Waals surface area (Å²) in [6.45, 7) is 6.89. The second-order valence-electron chi connectivity index (χ2n) is 6.36. The second-order valence-corrected chi connectivity index (χ2v) is 6.36. The largest absolute Gasteiger partial charge is 0.372 e. The van der Waals surface area contributed by atoms with Crippen molar-refractivity contribution in [3.05, 3.63) is 64.7 Å². The number of nitrogens with one attached hydrogen (secondary N) is 1. The molecule has 0 aromatic heterocycles. The molecule has 0 radical (unpaired) electrons. The van der Waals surface area contributed by atoms with Gasteiger partial charge in [0.05, 0.1) is 0 Å². The number of anilines is 1. The minimum absolute atomic E-state index is 0.00822. The first-order valence-corrected chi connectivity index (χ1v) is 8.33. The Hall–Kier alpha value is -2.29. The number of hydrogen-bond donors (Lipinski definition) is 1. The number of benzene rings is 2. The van der Waals surface area contributed by atoms with Gasteiger partial charge in [-0.1, -0.05) is 29.8 Å². The van der Waals surface area contributed by atoms with Gasteiger partial charge < -0.3 is 10.2 Å². The van der Waals surface area contributed by atoms with Gasteiger partial charge in [0.15, 0.2) is 0 Å². The van der Waals surface area contributed by atoms with Gasteiger partial charge in [-0.25, -0.2) is 0 Å². The van der Waals surface area contributed by atoms with E-state index in [0.29, 0.717) is 6.54 Å². The molecule has 2 aromatic carbocycles. The summed E-state index contributed by atoms with van der Waals surface area (Å²) < 4.78 is 0. The zero-order valence-electron chi connectivity index (χ0n) is 13.9. The highest BCUT2D eigenvalue weighted by Gasteiger charge is 2.12. The van der Waals surface area contributed by atoms with Crippen LogP contribution in [0, 0.1) is 13.8 Å². The Morgan fingerprint density at radius 3 is 2.39 bits per heavy atom. The van der Waals surface area contributed by atoms with Gasteiger partial charge in [-0.05, 0) is 56.0 Å². The Morgan fingerprint density at radius 2 is 1.74 bits per heavy atom. The molecule has 23 heavy (non-hydrogen) atoms. The number of carbonyl (C=O) groups is 1. The Kier molecular flexibility index (Phi) is 4.65. The summed E-state index contributed by atoms with van der Waals surface area (Å²) >= 11 is 0. The molecule has 0 atom stereocenters. The third kappa shape index (κ3) is 3.73. The van der Waals surface area contributed by atoms with Crippen LogP contribution in [-0.2, 0) is 6.54 Å². The zero-order chi connectivity index (χ0) is 16.2. The van der Waals surface area contributed by atoms with Crippen LogP contribution in [0.1, 0.15) is 39.9 Å². The number of hydrogen-bond acceptors (Lipinski definition) is 2. The number of amides is 1. The first-order chi connectivity index (χ1) is 11.1. The highest BCUT2D eigenvalue weighted by Crippen LogP contribution is 2.20. The lowest BCUT2D eigenvalue weighted by atomic mass is 10.1. The van der Waals surface area contributed by atoms with Crippen LogP contribution >= 0.6 is 0 Å². The molecule has 120 valence electrons. The van der Waals surface area contributed by atoms with Crippen LogP contribution in [-0.4, -0.2) is 19.0 Å². The van der Waals surface area contributed by atoms with Crippen molar-refractivity contribution in [3.63, 3.8) is 0 Å². The normalized spacial score (nSPS) is 14.1. The van der Waals surface area contributed by atoms with Gasteiger partial charge in [-0.15, -0.1) is 0 Å². The second kappa shape index (κ2) is 6.86. The minimum Gasteiger partial charge on any atom is -0.372 e. The van der Waals surface area contributed by atoms with Gasteiger partial charge >= 0.3 is 0 Å². The summed E-state index contributed by atoms with van der Waals surface area (Å²) in [5.41, 5.74) is 5.37. The van der Waals surface area contributed by atoms with Gasteiger partial charge in [-0.2, -0.15) is 0 Å². The van der Waals surface area contributed by atoms with E-state index in [1.54, 1.807) is 0 Å². The zero-order valence-corrected chi connectivity index (χ0v) is 13.9. The molecule has 1 amide bonds. The van der Waals surface area contributed by atoms with E-state index >= 15 is 0 Å². The Balaban J connectivity index is 1.60. The summed E-state index contributed by atoms with van der Waals surface area (Å²) in [6, 6.07) is 14.4. The highest BCUT2D eigenvalue weighted by atomic mass is 16.1. The van der Waals surface area contributed by atoms with E-state index in [4.69, 9.17) is 0 Å². The number of nitrogens with zero attached hydrogens (tertiary/aromatic N) is 1. The van der Waals surface area contributed by atoms with Crippen LogP contribution in [0.5, 0.6) is 0 Å². The predicted octanol–water partition coefficient (Wildman–Crippen LogP) is 3.83. The molecule has 1 N–H and O–H groups in total. The third-order valence-corrected chi connectivity index (χ3v) is 4.49. The van der Waals surface area contributed by atoms with Gasteiger partial charge in [0, 0.05) is 30.9 Å². The van der Waals surface area contributed by atoms with Crippen LogP contribution in [0.15, 0.2) is 42.5 Å². The van der Waals surface area contributed by atoms with Crippen LogP contribution in [0.2, 0.25) is 0 Å². The maximum Gasteiger partial charge on any atom is 0.251 e. The molecule has 3 rings (SSSR count). The lowest BCUT2D eigenvalue weighted by Crippen LogP contribution is -2.23. The number of aryl methyl sites for hydroxylation is 2. The van der Waals surface area contributed by atoms with E-state index in [9.17, 15) is 4.79 Å². The van der Waals surface area contributed by atoms with Crippen molar-refractivity contribution in [1.82, 2.24) is 5.32 Å². The van der Waals surface area contributed by atoms with Gasteiger partial charge in [0.25, 0.3) is 5.91 Å². The summed E-state index contributed by atoms with van der Waals surface area (Å²) in [5, 5.41) is 3.01. The summed E-state index contributed by atoms with van der Waals surface area (Å²) in [5.74, 6) is -0.00822. The lowest BCUT2D eigenvalue weighted by molar-refractivity contribution is 0.0950. The molecule has 0 spiro atoms. The summed E-state index contributed by atoms with van der Waals surface area (Å²) in [6.07, 6.45) is 2.57. The Morgan fingerprint density at radius 1 is 1.04 bits per heavy atom. The predicted molar refractivity (Wildman–Crippen MR) is 95.0 cm³/mol. The molecule has 0 saturated carbocycles. The highest BCUT2D eigenvalue weighted by molar-refractivity contribution is 5.95.